The molecule has 0 aliphatic heterocycles. The van der Waals surface area contributed by atoms with Crippen LogP contribution in [0.25, 0.3) is 0 Å². The average molecular weight is 372 g/mol. The lowest BCUT2D eigenvalue weighted by Crippen LogP contribution is -2.22. The quantitative estimate of drug-likeness (QED) is 0.814. The molecule has 0 atom stereocenters. The smallest absolute Gasteiger partial charge is 0.378 e. The molecular weight excluding hydrogens is 355 g/mol. The number of hydrogen-bond acceptors (Lipinski definition) is 3. The first-order valence-electron chi connectivity index (χ1n) is 7.34. The van der Waals surface area contributed by atoms with E-state index in [9.17, 15) is 18.0 Å². The van der Waals surface area contributed by atoms with Crippen LogP contribution in [-0.4, -0.2) is 26.5 Å². The van der Waals surface area contributed by atoms with Crippen molar-refractivity contribution >= 4 is 34.6 Å². The zero-order valence-corrected chi connectivity index (χ0v) is 14.4. The first-order chi connectivity index (χ1) is 11.7. The van der Waals surface area contributed by atoms with Gasteiger partial charge < -0.3 is 15.5 Å². The number of nitrogens with one attached hydrogen (secondary N) is 2. The maximum Gasteiger partial charge on any atom is 0.416 e. The number of benzene rings is 2. The Bertz CT molecular complexity index is 746. The summed E-state index contributed by atoms with van der Waals surface area (Å²) in [7, 11) is 3.80. The van der Waals surface area contributed by atoms with Gasteiger partial charge in [-0.05, 0) is 42.5 Å². The van der Waals surface area contributed by atoms with Crippen molar-refractivity contribution in [1.82, 2.24) is 0 Å². The zero-order valence-electron chi connectivity index (χ0n) is 13.6. The Balaban J connectivity index is 1.98. The van der Waals surface area contributed by atoms with E-state index < -0.39 is 17.6 Å². The highest BCUT2D eigenvalue weighted by Crippen LogP contribution is 2.33. The highest BCUT2D eigenvalue weighted by Gasteiger charge is 2.30. The maximum atomic E-state index is 12.7. The lowest BCUT2D eigenvalue weighted by molar-refractivity contribution is -0.137. The van der Waals surface area contributed by atoms with Crippen molar-refractivity contribution in [2.24, 2.45) is 0 Å². The summed E-state index contributed by atoms with van der Waals surface area (Å²) in [5.74, 6) is -0.397. The Morgan fingerprint density at radius 1 is 1.12 bits per heavy atom. The molecule has 0 aliphatic rings. The molecule has 1 amide bonds. The molecule has 0 fully saturated rings. The van der Waals surface area contributed by atoms with Gasteiger partial charge >= 0.3 is 6.18 Å². The molecular formula is C17H17ClF3N3O. The van der Waals surface area contributed by atoms with Crippen LogP contribution in [0.2, 0.25) is 5.02 Å². The summed E-state index contributed by atoms with van der Waals surface area (Å²) in [5, 5.41) is 5.39. The van der Waals surface area contributed by atoms with Gasteiger partial charge in [0.05, 0.1) is 22.8 Å². The van der Waals surface area contributed by atoms with Crippen LogP contribution in [0.1, 0.15) is 5.56 Å². The Morgan fingerprint density at radius 2 is 1.76 bits per heavy atom. The predicted molar refractivity (Wildman–Crippen MR) is 94.3 cm³/mol. The molecule has 0 saturated heterocycles. The molecule has 8 heteroatoms. The molecule has 134 valence electrons. The second-order valence-electron chi connectivity index (χ2n) is 5.54. The Labute approximate surface area is 148 Å². The van der Waals surface area contributed by atoms with Gasteiger partial charge in [0, 0.05) is 25.5 Å². The summed E-state index contributed by atoms with van der Waals surface area (Å²) >= 11 is 5.87. The minimum Gasteiger partial charge on any atom is -0.378 e. The van der Waals surface area contributed by atoms with Gasteiger partial charge in [0.25, 0.3) is 0 Å². The number of carbonyl (C=O) groups is 1. The molecule has 2 rings (SSSR count). The van der Waals surface area contributed by atoms with Crippen molar-refractivity contribution in [3.63, 3.8) is 0 Å². The third-order valence-corrected chi connectivity index (χ3v) is 3.73. The number of nitrogens with zero attached hydrogens (tertiary/aromatic N) is 1. The molecule has 2 N–H and O–H groups in total. The lowest BCUT2D eigenvalue weighted by atomic mass is 10.2. The molecule has 0 saturated carbocycles. The fraction of sp³-hybridized carbons (Fsp3) is 0.235. The number of hydrogen-bond donors (Lipinski definition) is 2. The summed E-state index contributed by atoms with van der Waals surface area (Å²) in [6.07, 6.45) is -4.47. The number of alkyl halides is 3. The van der Waals surface area contributed by atoms with E-state index >= 15 is 0 Å². The third kappa shape index (κ3) is 5.29. The van der Waals surface area contributed by atoms with Crippen LogP contribution in [0, 0.1) is 0 Å². The van der Waals surface area contributed by atoms with Gasteiger partial charge in [-0.25, -0.2) is 0 Å². The zero-order chi connectivity index (χ0) is 18.6. The van der Waals surface area contributed by atoms with Crippen molar-refractivity contribution in [2.45, 2.75) is 6.18 Å². The summed E-state index contributed by atoms with van der Waals surface area (Å²) < 4.78 is 38.2. The Morgan fingerprint density at radius 3 is 2.32 bits per heavy atom. The third-order valence-electron chi connectivity index (χ3n) is 3.40. The molecule has 0 unspecified atom stereocenters. The summed E-state index contributed by atoms with van der Waals surface area (Å²) in [6.45, 7) is -0.212. The van der Waals surface area contributed by atoms with E-state index in [1.54, 1.807) is 12.1 Å². The van der Waals surface area contributed by atoms with Gasteiger partial charge in [-0.15, -0.1) is 0 Å². The molecule has 0 aromatic heterocycles. The van der Waals surface area contributed by atoms with Crippen LogP contribution in [-0.2, 0) is 11.0 Å². The SMILES string of the molecule is CN(C)c1ccc(NC(=O)CNc2cc(C(F)(F)F)ccc2Cl)cc1. The molecule has 4 nitrogen and oxygen atoms in total. The van der Waals surface area contributed by atoms with E-state index in [1.807, 2.05) is 31.1 Å². The van der Waals surface area contributed by atoms with Crippen LogP contribution in [0.15, 0.2) is 42.5 Å². The molecule has 0 radical (unpaired) electrons. The molecule has 25 heavy (non-hydrogen) atoms. The standard InChI is InChI=1S/C17H17ClF3N3O/c1-24(2)13-6-4-12(5-7-13)23-16(25)10-22-15-9-11(17(19,20)21)3-8-14(15)18/h3-9,22H,10H2,1-2H3,(H,23,25). The molecule has 0 aliphatic carbocycles. The maximum absolute atomic E-state index is 12.7. The number of anilines is 3. The number of amides is 1. The van der Waals surface area contributed by atoms with Gasteiger partial charge in [0.2, 0.25) is 5.91 Å². The van der Waals surface area contributed by atoms with Crippen molar-refractivity contribution in [3.05, 3.63) is 53.1 Å². The van der Waals surface area contributed by atoms with Gasteiger partial charge in [-0.1, -0.05) is 11.6 Å². The van der Waals surface area contributed by atoms with Crippen LogP contribution in [0.5, 0.6) is 0 Å². The van der Waals surface area contributed by atoms with Crippen molar-refractivity contribution in [3.8, 4) is 0 Å². The number of rotatable bonds is 5. The average Bonchev–Trinajstić information content (AvgIpc) is 2.53. The van der Waals surface area contributed by atoms with Crippen molar-refractivity contribution in [2.75, 3.05) is 36.2 Å². The minimum absolute atomic E-state index is 0.0506. The molecule has 0 spiro atoms. The van der Waals surface area contributed by atoms with Crippen LogP contribution in [0.4, 0.5) is 30.2 Å². The monoisotopic (exact) mass is 371 g/mol. The topological polar surface area (TPSA) is 44.4 Å². The van der Waals surface area contributed by atoms with Crippen LogP contribution >= 0.6 is 11.6 Å². The normalized spacial score (nSPS) is 11.1. The largest absolute Gasteiger partial charge is 0.416 e. The van der Waals surface area contributed by atoms with Gasteiger partial charge in [-0.2, -0.15) is 13.2 Å². The highest BCUT2D eigenvalue weighted by molar-refractivity contribution is 6.33. The van der Waals surface area contributed by atoms with Crippen molar-refractivity contribution in [1.29, 1.82) is 0 Å². The van der Waals surface area contributed by atoms with E-state index in [0.29, 0.717) is 5.69 Å². The van der Waals surface area contributed by atoms with Gasteiger partial charge in [-0.3, -0.25) is 4.79 Å². The number of halogens is 4. The lowest BCUT2D eigenvalue weighted by Gasteiger charge is -2.14. The summed E-state index contributed by atoms with van der Waals surface area (Å²) in [5.41, 5.74) is 0.785. The minimum atomic E-state index is -4.47. The van der Waals surface area contributed by atoms with Crippen molar-refractivity contribution < 1.29 is 18.0 Å². The molecule has 0 heterocycles. The number of carbonyl (C=O) groups excluding carboxylic acids is 1. The van der Waals surface area contributed by atoms with Gasteiger partial charge in [0.15, 0.2) is 0 Å². The first-order valence-corrected chi connectivity index (χ1v) is 7.72. The predicted octanol–water partition coefficient (Wildman–Crippen LogP) is 4.48. The Kier molecular flexibility index (Phi) is 5.79. The first kappa shape index (κ1) is 18.9. The second kappa shape index (κ2) is 7.65. The fourth-order valence-corrected chi connectivity index (χ4v) is 2.25. The Hall–Kier alpha value is -2.41. The van der Waals surface area contributed by atoms with E-state index in [2.05, 4.69) is 10.6 Å². The second-order valence-corrected chi connectivity index (χ2v) is 5.94. The molecule has 2 aromatic carbocycles. The summed E-state index contributed by atoms with van der Waals surface area (Å²) in [6, 6.07) is 10.1. The van der Waals surface area contributed by atoms with Crippen LogP contribution in [0.3, 0.4) is 0 Å². The summed E-state index contributed by atoms with van der Waals surface area (Å²) in [4.78, 5) is 13.9. The highest BCUT2D eigenvalue weighted by atomic mass is 35.5. The molecule has 2 aromatic rings. The fourth-order valence-electron chi connectivity index (χ4n) is 2.06. The van der Waals surface area contributed by atoms with E-state index in [0.717, 1.165) is 23.9 Å². The van der Waals surface area contributed by atoms with E-state index in [4.69, 9.17) is 11.6 Å². The van der Waals surface area contributed by atoms with E-state index in [1.165, 1.54) is 0 Å². The van der Waals surface area contributed by atoms with Crippen LogP contribution < -0.4 is 15.5 Å². The van der Waals surface area contributed by atoms with Gasteiger partial charge in [0.1, 0.15) is 0 Å². The molecule has 0 bridgehead atoms. The van der Waals surface area contributed by atoms with E-state index in [-0.39, 0.29) is 17.3 Å².